The molecule has 10 heteroatoms. The van der Waals surface area contributed by atoms with E-state index in [0.717, 1.165) is 12.1 Å². The average molecular weight is 404 g/mol. The molecular formula is C16H10Cl2F3N3O2. The number of anilines is 1. The Kier molecular flexibility index (Phi) is 6.23. The van der Waals surface area contributed by atoms with Gasteiger partial charge in [0.05, 0.1) is 21.8 Å². The smallest absolute Gasteiger partial charge is 0.318 e. The minimum absolute atomic E-state index is 0.173. The molecule has 0 fully saturated rings. The van der Waals surface area contributed by atoms with Crippen LogP contribution in [0.4, 0.5) is 18.9 Å². The summed E-state index contributed by atoms with van der Waals surface area (Å²) in [6.45, 7) is 0. The van der Waals surface area contributed by atoms with Crippen molar-refractivity contribution >= 4 is 46.9 Å². The maximum absolute atomic E-state index is 12.6. The lowest BCUT2D eigenvalue weighted by molar-refractivity contribution is -0.137. The summed E-state index contributed by atoms with van der Waals surface area (Å²) in [6.07, 6.45) is -3.34. The second kappa shape index (κ2) is 8.20. The lowest BCUT2D eigenvalue weighted by Gasteiger charge is -2.09. The van der Waals surface area contributed by atoms with Gasteiger partial charge in [0, 0.05) is 5.69 Å². The van der Waals surface area contributed by atoms with E-state index in [1.807, 2.05) is 5.43 Å². The van der Waals surface area contributed by atoms with Crippen molar-refractivity contribution in [2.45, 2.75) is 6.18 Å². The van der Waals surface area contributed by atoms with Gasteiger partial charge < -0.3 is 5.32 Å². The molecule has 0 heterocycles. The van der Waals surface area contributed by atoms with E-state index >= 15 is 0 Å². The second-order valence-electron chi connectivity index (χ2n) is 4.91. The van der Waals surface area contributed by atoms with E-state index < -0.39 is 23.6 Å². The quantitative estimate of drug-likeness (QED) is 0.460. The van der Waals surface area contributed by atoms with Crippen molar-refractivity contribution < 1.29 is 22.8 Å². The molecule has 136 valence electrons. The first-order valence-electron chi connectivity index (χ1n) is 6.93. The van der Waals surface area contributed by atoms with Crippen molar-refractivity contribution in [3.05, 3.63) is 63.6 Å². The maximum Gasteiger partial charge on any atom is 0.416 e. The first-order chi connectivity index (χ1) is 12.2. The molecule has 0 bridgehead atoms. The monoisotopic (exact) mass is 403 g/mol. The predicted molar refractivity (Wildman–Crippen MR) is 92.3 cm³/mol. The molecule has 0 aromatic heterocycles. The predicted octanol–water partition coefficient (Wildman–Crippen LogP) is 4.10. The summed E-state index contributed by atoms with van der Waals surface area (Å²) < 4.78 is 37.8. The van der Waals surface area contributed by atoms with Gasteiger partial charge in [0.15, 0.2) is 0 Å². The molecule has 0 atom stereocenters. The van der Waals surface area contributed by atoms with Crippen LogP contribution in [0.5, 0.6) is 0 Å². The first kappa shape index (κ1) is 19.7. The van der Waals surface area contributed by atoms with Crippen molar-refractivity contribution in [2.75, 3.05) is 5.32 Å². The minimum Gasteiger partial charge on any atom is -0.318 e. The van der Waals surface area contributed by atoms with Gasteiger partial charge in [-0.25, -0.2) is 5.43 Å². The van der Waals surface area contributed by atoms with Crippen LogP contribution in [0.2, 0.25) is 10.0 Å². The number of benzene rings is 2. The fraction of sp³-hybridized carbons (Fsp3) is 0.0625. The number of hydrogen-bond donors (Lipinski definition) is 2. The number of carbonyl (C=O) groups excluding carboxylic acids is 2. The van der Waals surface area contributed by atoms with Gasteiger partial charge in [0.1, 0.15) is 0 Å². The van der Waals surface area contributed by atoms with Gasteiger partial charge in [-0.3, -0.25) is 9.59 Å². The van der Waals surface area contributed by atoms with E-state index in [2.05, 4.69) is 10.4 Å². The average Bonchev–Trinajstić information content (AvgIpc) is 2.57. The second-order valence-corrected chi connectivity index (χ2v) is 5.72. The molecule has 2 aromatic rings. The summed E-state index contributed by atoms with van der Waals surface area (Å²) in [5, 5.41) is 6.24. The Balaban J connectivity index is 1.96. The molecule has 2 rings (SSSR count). The molecule has 2 N–H and O–H groups in total. The number of amides is 2. The number of rotatable bonds is 3. The lowest BCUT2D eigenvalue weighted by Crippen LogP contribution is -2.32. The minimum atomic E-state index is -4.56. The number of halogens is 5. The Bertz CT molecular complexity index is 870. The third kappa shape index (κ3) is 5.47. The molecule has 0 aliphatic carbocycles. The molecule has 0 saturated heterocycles. The third-order valence-corrected chi connectivity index (χ3v) is 3.72. The van der Waals surface area contributed by atoms with Crippen LogP contribution in [-0.4, -0.2) is 18.0 Å². The van der Waals surface area contributed by atoms with Crippen molar-refractivity contribution in [2.24, 2.45) is 5.10 Å². The zero-order chi connectivity index (χ0) is 19.3. The SMILES string of the molecule is O=C(NN=Cc1ccc(Cl)c(Cl)c1)C(=O)Nc1cccc(C(F)(F)F)c1. The number of nitrogens with zero attached hydrogens (tertiary/aromatic N) is 1. The first-order valence-corrected chi connectivity index (χ1v) is 7.69. The number of hydrogen-bond acceptors (Lipinski definition) is 3. The van der Waals surface area contributed by atoms with Gasteiger partial charge in [0.2, 0.25) is 0 Å². The van der Waals surface area contributed by atoms with Gasteiger partial charge in [-0.15, -0.1) is 0 Å². The van der Waals surface area contributed by atoms with E-state index in [0.29, 0.717) is 16.7 Å². The molecule has 0 aliphatic rings. The van der Waals surface area contributed by atoms with Crippen molar-refractivity contribution in [3.8, 4) is 0 Å². The van der Waals surface area contributed by atoms with Crippen molar-refractivity contribution in [1.29, 1.82) is 0 Å². The maximum atomic E-state index is 12.6. The highest BCUT2D eigenvalue weighted by Gasteiger charge is 2.30. The Morgan fingerprint density at radius 2 is 1.73 bits per heavy atom. The van der Waals surface area contributed by atoms with E-state index in [1.165, 1.54) is 24.4 Å². The van der Waals surface area contributed by atoms with Crippen LogP contribution in [0.25, 0.3) is 0 Å². The molecule has 0 radical (unpaired) electrons. The van der Waals surface area contributed by atoms with Crippen molar-refractivity contribution in [3.63, 3.8) is 0 Å². The molecule has 5 nitrogen and oxygen atoms in total. The Morgan fingerprint density at radius 3 is 2.38 bits per heavy atom. The van der Waals surface area contributed by atoms with Crippen LogP contribution in [0.1, 0.15) is 11.1 Å². The fourth-order valence-electron chi connectivity index (χ4n) is 1.77. The van der Waals surface area contributed by atoms with Gasteiger partial charge >= 0.3 is 18.0 Å². The van der Waals surface area contributed by atoms with Gasteiger partial charge in [-0.2, -0.15) is 18.3 Å². The van der Waals surface area contributed by atoms with Crippen LogP contribution >= 0.6 is 23.2 Å². The zero-order valence-corrected chi connectivity index (χ0v) is 14.3. The van der Waals surface area contributed by atoms with E-state index in [-0.39, 0.29) is 10.7 Å². The molecule has 0 spiro atoms. The molecule has 2 aromatic carbocycles. The largest absolute Gasteiger partial charge is 0.416 e. The number of nitrogens with one attached hydrogen (secondary N) is 2. The van der Waals surface area contributed by atoms with Gasteiger partial charge in [0.25, 0.3) is 0 Å². The standard InChI is InChI=1S/C16H10Cl2F3N3O2/c17-12-5-4-9(6-13(12)18)8-22-24-15(26)14(25)23-11-3-1-2-10(7-11)16(19,20)21/h1-8H,(H,23,25)(H,24,26). The summed E-state index contributed by atoms with van der Waals surface area (Å²) in [6, 6.07) is 8.47. The molecule has 0 aliphatic heterocycles. The Labute approximate surface area is 155 Å². The molecule has 0 unspecified atom stereocenters. The highest BCUT2D eigenvalue weighted by molar-refractivity contribution is 6.42. The van der Waals surface area contributed by atoms with Crippen LogP contribution in [-0.2, 0) is 15.8 Å². The fourth-order valence-corrected chi connectivity index (χ4v) is 2.08. The number of hydrazone groups is 1. The normalized spacial score (nSPS) is 11.4. The Morgan fingerprint density at radius 1 is 1.00 bits per heavy atom. The zero-order valence-electron chi connectivity index (χ0n) is 12.8. The van der Waals surface area contributed by atoms with Crippen LogP contribution in [0.3, 0.4) is 0 Å². The summed E-state index contributed by atoms with van der Waals surface area (Å²) >= 11 is 11.6. The van der Waals surface area contributed by atoms with Crippen LogP contribution in [0.15, 0.2) is 47.6 Å². The molecular weight excluding hydrogens is 394 g/mol. The summed E-state index contributed by atoms with van der Waals surface area (Å²) in [7, 11) is 0. The van der Waals surface area contributed by atoms with Crippen LogP contribution in [0, 0.1) is 0 Å². The van der Waals surface area contributed by atoms with E-state index in [4.69, 9.17) is 23.2 Å². The van der Waals surface area contributed by atoms with Gasteiger partial charge in [-0.1, -0.05) is 35.3 Å². The summed E-state index contributed by atoms with van der Waals surface area (Å²) in [5.41, 5.74) is 1.34. The van der Waals surface area contributed by atoms with Crippen LogP contribution < -0.4 is 10.7 Å². The lowest BCUT2D eigenvalue weighted by atomic mass is 10.2. The topological polar surface area (TPSA) is 70.6 Å². The third-order valence-electron chi connectivity index (χ3n) is 2.98. The number of carbonyl (C=O) groups is 2. The summed E-state index contributed by atoms with van der Waals surface area (Å²) in [5.74, 6) is -2.32. The van der Waals surface area contributed by atoms with Crippen molar-refractivity contribution in [1.82, 2.24) is 5.43 Å². The molecule has 0 saturated carbocycles. The molecule has 2 amide bonds. The van der Waals surface area contributed by atoms with E-state index in [1.54, 1.807) is 6.07 Å². The summed E-state index contributed by atoms with van der Waals surface area (Å²) in [4.78, 5) is 23.3. The molecule has 26 heavy (non-hydrogen) atoms. The highest BCUT2D eigenvalue weighted by Crippen LogP contribution is 2.30. The number of alkyl halides is 3. The highest BCUT2D eigenvalue weighted by atomic mass is 35.5. The van der Waals surface area contributed by atoms with Gasteiger partial charge in [-0.05, 0) is 35.9 Å². The van der Waals surface area contributed by atoms with E-state index in [9.17, 15) is 22.8 Å². The Hall–Kier alpha value is -2.58.